The zero-order valence-corrected chi connectivity index (χ0v) is 8.85. The van der Waals surface area contributed by atoms with Crippen LogP contribution in [0.5, 0.6) is 0 Å². The summed E-state index contributed by atoms with van der Waals surface area (Å²) < 4.78 is 37.3. The Kier molecular flexibility index (Phi) is 2.93. The van der Waals surface area contributed by atoms with Gasteiger partial charge in [0, 0.05) is 0 Å². The zero-order valence-electron chi connectivity index (χ0n) is 8.85. The van der Waals surface area contributed by atoms with Crippen molar-refractivity contribution in [3.05, 3.63) is 34.9 Å². The van der Waals surface area contributed by atoms with Gasteiger partial charge in [-0.25, -0.2) is 0 Å². The monoisotopic (exact) mass is 229 g/mol. The van der Waals surface area contributed by atoms with Crippen molar-refractivity contribution in [1.29, 1.82) is 0 Å². The molecule has 0 radical (unpaired) electrons. The number of hydrogen-bond donors (Lipinski definition) is 1. The molecule has 1 unspecified atom stereocenters. The first-order valence-corrected chi connectivity index (χ1v) is 5.42. The van der Waals surface area contributed by atoms with E-state index in [2.05, 4.69) is 0 Å². The molecule has 2 rings (SSSR count). The number of nitrogens with two attached hydrogens (primary N) is 1. The molecule has 1 nitrogen and oxygen atoms in total. The Labute approximate surface area is 92.5 Å². The van der Waals surface area contributed by atoms with Gasteiger partial charge in [-0.3, -0.25) is 0 Å². The summed E-state index contributed by atoms with van der Waals surface area (Å²) >= 11 is 0. The van der Waals surface area contributed by atoms with Crippen LogP contribution in [-0.4, -0.2) is 6.18 Å². The van der Waals surface area contributed by atoms with Crippen LogP contribution >= 0.6 is 0 Å². The second kappa shape index (κ2) is 4.09. The molecule has 1 aromatic carbocycles. The molecule has 1 aliphatic rings. The average Bonchev–Trinajstić information content (AvgIpc) is 2.26. The summed E-state index contributed by atoms with van der Waals surface area (Å²) in [6.45, 7) is 0. The smallest absolute Gasteiger partial charge is 0.316 e. The normalized spacial score (nSPS) is 18.0. The number of halogens is 3. The van der Waals surface area contributed by atoms with Gasteiger partial charge in [0.1, 0.15) is 6.04 Å². The standard InChI is InChI=1S/C12H14F3N/c13-12(14,15)11(16)10-6-5-8-3-1-2-4-9(8)7-10/h5-7,11H,1-4,16H2. The Hall–Kier alpha value is -1.03. The van der Waals surface area contributed by atoms with Gasteiger partial charge in [0.15, 0.2) is 0 Å². The zero-order chi connectivity index (χ0) is 11.8. The number of benzene rings is 1. The van der Waals surface area contributed by atoms with Crippen LogP contribution in [0.15, 0.2) is 18.2 Å². The molecule has 0 amide bonds. The molecule has 0 saturated heterocycles. The predicted octanol–water partition coefficient (Wildman–Crippen LogP) is 3.13. The average molecular weight is 229 g/mol. The first kappa shape index (κ1) is 11.5. The van der Waals surface area contributed by atoms with Gasteiger partial charge in [0.05, 0.1) is 0 Å². The molecule has 88 valence electrons. The summed E-state index contributed by atoms with van der Waals surface area (Å²) in [7, 11) is 0. The van der Waals surface area contributed by atoms with Crippen molar-refractivity contribution >= 4 is 0 Å². The van der Waals surface area contributed by atoms with Gasteiger partial charge in [0.2, 0.25) is 0 Å². The van der Waals surface area contributed by atoms with E-state index >= 15 is 0 Å². The van der Waals surface area contributed by atoms with Crippen molar-refractivity contribution in [2.45, 2.75) is 37.9 Å². The van der Waals surface area contributed by atoms with Gasteiger partial charge in [-0.05, 0) is 42.4 Å². The first-order chi connectivity index (χ1) is 7.48. The van der Waals surface area contributed by atoms with Crippen LogP contribution in [0.2, 0.25) is 0 Å². The topological polar surface area (TPSA) is 26.0 Å². The highest BCUT2D eigenvalue weighted by atomic mass is 19.4. The van der Waals surface area contributed by atoms with E-state index in [1.165, 1.54) is 11.6 Å². The largest absolute Gasteiger partial charge is 0.407 e. The molecule has 16 heavy (non-hydrogen) atoms. The van der Waals surface area contributed by atoms with Crippen molar-refractivity contribution in [3.63, 3.8) is 0 Å². The van der Waals surface area contributed by atoms with Gasteiger partial charge in [0.25, 0.3) is 0 Å². The summed E-state index contributed by atoms with van der Waals surface area (Å²) in [4.78, 5) is 0. The molecule has 4 heteroatoms. The third-order valence-electron chi connectivity index (χ3n) is 3.08. The number of alkyl halides is 3. The number of rotatable bonds is 1. The van der Waals surface area contributed by atoms with Gasteiger partial charge in [-0.15, -0.1) is 0 Å². The van der Waals surface area contributed by atoms with Crippen LogP contribution in [0.4, 0.5) is 13.2 Å². The second-order valence-electron chi connectivity index (χ2n) is 4.25. The van der Waals surface area contributed by atoms with Crippen LogP contribution in [0.25, 0.3) is 0 Å². The number of fused-ring (bicyclic) bond motifs is 1. The Morgan fingerprint density at radius 2 is 1.69 bits per heavy atom. The SMILES string of the molecule is NC(c1ccc2c(c1)CCCC2)C(F)(F)F. The van der Waals surface area contributed by atoms with E-state index in [9.17, 15) is 13.2 Å². The fraction of sp³-hybridized carbons (Fsp3) is 0.500. The molecule has 2 N–H and O–H groups in total. The van der Waals surface area contributed by atoms with E-state index < -0.39 is 12.2 Å². The van der Waals surface area contributed by atoms with Gasteiger partial charge in [-0.1, -0.05) is 18.2 Å². The van der Waals surface area contributed by atoms with Gasteiger partial charge >= 0.3 is 6.18 Å². The summed E-state index contributed by atoms with van der Waals surface area (Å²) in [5.41, 5.74) is 7.56. The molecule has 0 aromatic heterocycles. The summed E-state index contributed by atoms with van der Waals surface area (Å²) in [6, 6.07) is 3.05. The molecule has 0 bridgehead atoms. The highest BCUT2D eigenvalue weighted by Crippen LogP contribution is 2.32. The minimum absolute atomic E-state index is 0.174. The first-order valence-electron chi connectivity index (χ1n) is 5.42. The van der Waals surface area contributed by atoms with Gasteiger partial charge in [-0.2, -0.15) is 13.2 Å². The van der Waals surface area contributed by atoms with Crippen LogP contribution in [-0.2, 0) is 12.8 Å². The molecule has 0 spiro atoms. The van der Waals surface area contributed by atoms with E-state index in [1.54, 1.807) is 12.1 Å². The lowest BCUT2D eigenvalue weighted by Gasteiger charge is -2.20. The maximum absolute atomic E-state index is 12.4. The minimum atomic E-state index is -4.36. The van der Waals surface area contributed by atoms with Gasteiger partial charge < -0.3 is 5.73 Å². The Morgan fingerprint density at radius 1 is 1.06 bits per heavy atom. The molecule has 0 fully saturated rings. The molecule has 1 aromatic rings. The van der Waals surface area contributed by atoms with Crippen molar-refractivity contribution in [2.24, 2.45) is 5.73 Å². The summed E-state index contributed by atoms with van der Waals surface area (Å²) in [5, 5.41) is 0. The third-order valence-corrected chi connectivity index (χ3v) is 3.08. The molecule has 0 aliphatic heterocycles. The molecule has 1 aliphatic carbocycles. The minimum Gasteiger partial charge on any atom is -0.316 e. The fourth-order valence-electron chi connectivity index (χ4n) is 2.14. The van der Waals surface area contributed by atoms with E-state index in [4.69, 9.17) is 5.73 Å². The highest BCUT2D eigenvalue weighted by Gasteiger charge is 2.37. The Bertz CT molecular complexity index is 384. The quantitative estimate of drug-likeness (QED) is 0.786. The van der Waals surface area contributed by atoms with Crippen molar-refractivity contribution in [3.8, 4) is 0 Å². The van der Waals surface area contributed by atoms with E-state index in [0.717, 1.165) is 31.2 Å². The maximum atomic E-state index is 12.4. The van der Waals surface area contributed by atoms with Crippen molar-refractivity contribution < 1.29 is 13.2 Å². The van der Waals surface area contributed by atoms with E-state index in [-0.39, 0.29) is 5.56 Å². The lowest BCUT2D eigenvalue weighted by Crippen LogP contribution is -2.28. The van der Waals surface area contributed by atoms with E-state index in [1.807, 2.05) is 0 Å². The van der Waals surface area contributed by atoms with Crippen molar-refractivity contribution in [2.75, 3.05) is 0 Å². The summed E-state index contributed by atoms with van der Waals surface area (Å²) in [5.74, 6) is 0. The highest BCUT2D eigenvalue weighted by molar-refractivity contribution is 5.35. The third kappa shape index (κ3) is 2.21. The number of aryl methyl sites for hydroxylation is 2. The summed E-state index contributed by atoms with van der Waals surface area (Å²) in [6.07, 6.45) is -0.344. The van der Waals surface area contributed by atoms with Crippen LogP contribution < -0.4 is 5.73 Å². The maximum Gasteiger partial charge on any atom is 0.407 e. The molecule has 0 saturated carbocycles. The predicted molar refractivity (Wildman–Crippen MR) is 56.1 cm³/mol. The molecular formula is C12H14F3N. The van der Waals surface area contributed by atoms with Crippen LogP contribution in [0.1, 0.15) is 35.6 Å². The Morgan fingerprint density at radius 3 is 2.31 bits per heavy atom. The van der Waals surface area contributed by atoms with Crippen LogP contribution in [0.3, 0.4) is 0 Å². The molecule has 0 heterocycles. The van der Waals surface area contributed by atoms with E-state index in [0.29, 0.717) is 0 Å². The molecular weight excluding hydrogens is 215 g/mol. The molecule has 1 atom stereocenters. The lowest BCUT2D eigenvalue weighted by atomic mass is 9.89. The fourth-order valence-corrected chi connectivity index (χ4v) is 2.14. The second-order valence-corrected chi connectivity index (χ2v) is 4.25. The van der Waals surface area contributed by atoms with Crippen molar-refractivity contribution in [1.82, 2.24) is 0 Å². The lowest BCUT2D eigenvalue weighted by molar-refractivity contribution is -0.149. The van der Waals surface area contributed by atoms with Crippen LogP contribution in [0, 0.1) is 0 Å². The Balaban J connectivity index is 2.30. The number of hydrogen-bond acceptors (Lipinski definition) is 1.